The van der Waals surface area contributed by atoms with Crippen LogP contribution >= 0.6 is 0 Å². The fourth-order valence-corrected chi connectivity index (χ4v) is 2.31. The average Bonchev–Trinajstić information content (AvgIpc) is 2.86. The van der Waals surface area contributed by atoms with Gasteiger partial charge in [-0.3, -0.25) is 14.9 Å². The number of nitrogens with zero attached hydrogens (tertiary/aromatic N) is 1. The first kappa shape index (κ1) is 14.7. The van der Waals surface area contributed by atoms with Gasteiger partial charge in [0.2, 0.25) is 0 Å². The molecule has 0 spiro atoms. The summed E-state index contributed by atoms with van der Waals surface area (Å²) in [5.41, 5.74) is 0.622. The Hall–Kier alpha value is -3.22. The molecule has 3 aromatic rings. The largest absolute Gasteiger partial charge is 0.448 e. The van der Waals surface area contributed by atoms with E-state index in [1.54, 1.807) is 13.0 Å². The average molecular weight is 314 g/mol. The fraction of sp³-hybridized carbons (Fsp3) is 0.0625. The van der Waals surface area contributed by atoms with Crippen molar-refractivity contribution < 1.29 is 18.5 Å². The highest BCUT2D eigenvalue weighted by Crippen LogP contribution is 2.28. The fourth-order valence-electron chi connectivity index (χ4n) is 2.31. The zero-order chi connectivity index (χ0) is 16.6. The molecule has 7 heteroatoms. The number of hydrogen-bond donors (Lipinski definition) is 1. The molecule has 23 heavy (non-hydrogen) atoms. The Morgan fingerprint density at radius 3 is 2.70 bits per heavy atom. The van der Waals surface area contributed by atoms with Crippen LogP contribution < -0.4 is 5.32 Å². The van der Waals surface area contributed by atoms with Crippen molar-refractivity contribution in [3.63, 3.8) is 0 Å². The second kappa shape index (κ2) is 5.53. The topological polar surface area (TPSA) is 85.4 Å². The highest BCUT2D eigenvalue weighted by Gasteiger charge is 2.20. The van der Waals surface area contributed by atoms with Gasteiger partial charge in [0.1, 0.15) is 0 Å². The number of fused-ring (bicyclic) bond motifs is 1. The van der Waals surface area contributed by atoms with Crippen LogP contribution in [0.1, 0.15) is 16.1 Å². The minimum absolute atomic E-state index is 0.00851. The van der Waals surface area contributed by atoms with E-state index in [-0.39, 0.29) is 22.7 Å². The van der Waals surface area contributed by atoms with Gasteiger partial charge in [-0.2, -0.15) is 0 Å². The van der Waals surface area contributed by atoms with E-state index in [1.807, 2.05) is 0 Å². The highest BCUT2D eigenvalue weighted by molar-refractivity contribution is 6.06. The molecule has 0 aliphatic rings. The minimum Gasteiger partial charge on any atom is -0.448 e. The number of non-ortho nitro benzene ring substituents is 1. The van der Waals surface area contributed by atoms with Gasteiger partial charge in [0.15, 0.2) is 17.2 Å². The lowest BCUT2D eigenvalue weighted by atomic mass is 10.1. The van der Waals surface area contributed by atoms with E-state index in [9.17, 15) is 19.3 Å². The van der Waals surface area contributed by atoms with Crippen molar-refractivity contribution in [1.82, 2.24) is 0 Å². The number of benzene rings is 2. The quantitative estimate of drug-likeness (QED) is 0.584. The summed E-state index contributed by atoms with van der Waals surface area (Å²) in [4.78, 5) is 22.5. The summed E-state index contributed by atoms with van der Waals surface area (Å²) in [6.45, 7) is 1.65. The molecule has 1 heterocycles. The second-order valence-corrected chi connectivity index (χ2v) is 4.93. The third-order valence-electron chi connectivity index (χ3n) is 3.44. The van der Waals surface area contributed by atoms with Crippen molar-refractivity contribution in [2.24, 2.45) is 0 Å². The van der Waals surface area contributed by atoms with Crippen molar-refractivity contribution in [3.05, 3.63) is 69.7 Å². The van der Waals surface area contributed by atoms with E-state index in [0.29, 0.717) is 10.9 Å². The number of hydrogen-bond acceptors (Lipinski definition) is 4. The maximum atomic E-state index is 13.7. The number of halogens is 1. The lowest BCUT2D eigenvalue weighted by Crippen LogP contribution is -2.12. The van der Waals surface area contributed by atoms with Crippen molar-refractivity contribution >= 4 is 28.3 Å². The molecule has 0 radical (unpaired) electrons. The molecule has 0 aliphatic carbocycles. The van der Waals surface area contributed by atoms with Crippen LogP contribution in [0.2, 0.25) is 0 Å². The lowest BCUT2D eigenvalue weighted by Gasteiger charge is -2.03. The molecule has 0 atom stereocenters. The van der Waals surface area contributed by atoms with E-state index in [4.69, 9.17) is 4.42 Å². The van der Waals surface area contributed by atoms with Crippen molar-refractivity contribution in [2.75, 3.05) is 5.32 Å². The Kier molecular flexibility index (Phi) is 3.53. The monoisotopic (exact) mass is 314 g/mol. The molecular formula is C16H11FN2O4. The van der Waals surface area contributed by atoms with Crippen molar-refractivity contribution in [1.29, 1.82) is 0 Å². The molecule has 0 saturated carbocycles. The molecule has 1 N–H and O–H groups in total. The molecule has 0 fully saturated rings. The van der Waals surface area contributed by atoms with E-state index in [2.05, 4.69) is 5.32 Å². The second-order valence-electron chi connectivity index (χ2n) is 4.93. The number of nitrogens with one attached hydrogen (secondary N) is 1. The third-order valence-corrected chi connectivity index (χ3v) is 3.44. The van der Waals surface area contributed by atoms with E-state index in [0.717, 1.165) is 0 Å². The maximum absolute atomic E-state index is 13.7. The summed E-state index contributed by atoms with van der Waals surface area (Å²) in [6.07, 6.45) is 0. The Labute approximate surface area is 129 Å². The number of rotatable bonds is 3. The Morgan fingerprint density at radius 2 is 2.00 bits per heavy atom. The molecule has 2 aromatic carbocycles. The first-order valence-corrected chi connectivity index (χ1v) is 6.71. The smallest absolute Gasteiger partial charge is 0.291 e. The van der Waals surface area contributed by atoms with Gasteiger partial charge in [0.25, 0.3) is 11.6 Å². The van der Waals surface area contributed by atoms with Gasteiger partial charge in [0, 0.05) is 28.8 Å². The van der Waals surface area contributed by atoms with Crippen LogP contribution in [0.4, 0.5) is 15.8 Å². The Bertz CT molecular complexity index is 933. The summed E-state index contributed by atoms with van der Waals surface area (Å²) in [5, 5.41) is 13.8. The lowest BCUT2D eigenvalue weighted by molar-refractivity contribution is -0.384. The van der Waals surface area contributed by atoms with Crippen LogP contribution in [-0.2, 0) is 0 Å². The molecular weight excluding hydrogens is 303 g/mol. The number of carbonyl (C=O) groups is 1. The third kappa shape index (κ3) is 2.64. The first-order chi connectivity index (χ1) is 11.0. The number of furan rings is 1. The molecule has 116 valence electrons. The van der Waals surface area contributed by atoms with Gasteiger partial charge in [-0.15, -0.1) is 0 Å². The minimum atomic E-state index is -0.599. The zero-order valence-corrected chi connectivity index (χ0v) is 12.0. The first-order valence-electron chi connectivity index (χ1n) is 6.71. The number of para-hydroxylation sites is 1. The Balaban J connectivity index is 1.95. The molecule has 3 rings (SSSR count). The van der Waals surface area contributed by atoms with E-state index in [1.165, 1.54) is 36.4 Å². The number of aryl methyl sites for hydroxylation is 1. The zero-order valence-electron chi connectivity index (χ0n) is 12.0. The molecule has 0 unspecified atom stereocenters. The number of amides is 1. The van der Waals surface area contributed by atoms with Gasteiger partial charge >= 0.3 is 0 Å². The van der Waals surface area contributed by atoms with Gasteiger partial charge < -0.3 is 9.73 Å². The number of nitro benzene ring substituents is 1. The van der Waals surface area contributed by atoms with Gasteiger partial charge in [-0.05, 0) is 19.1 Å². The molecule has 1 aromatic heterocycles. The molecule has 6 nitrogen and oxygen atoms in total. The Morgan fingerprint density at radius 1 is 1.26 bits per heavy atom. The summed E-state index contributed by atoms with van der Waals surface area (Å²) in [7, 11) is 0. The summed E-state index contributed by atoms with van der Waals surface area (Å²) >= 11 is 0. The number of anilines is 1. The van der Waals surface area contributed by atoms with Crippen LogP contribution in [0.3, 0.4) is 0 Å². The maximum Gasteiger partial charge on any atom is 0.291 e. The number of nitro groups is 1. The summed E-state index contributed by atoms with van der Waals surface area (Å²) < 4.78 is 19.0. The summed E-state index contributed by atoms with van der Waals surface area (Å²) in [5.74, 6) is -1.18. The summed E-state index contributed by atoms with van der Waals surface area (Å²) in [6, 6.07) is 9.95. The van der Waals surface area contributed by atoms with Crippen LogP contribution in [0.5, 0.6) is 0 Å². The van der Waals surface area contributed by atoms with Crippen LogP contribution in [0.15, 0.2) is 46.9 Å². The van der Waals surface area contributed by atoms with Crippen molar-refractivity contribution in [3.8, 4) is 0 Å². The van der Waals surface area contributed by atoms with Crippen LogP contribution in [0.25, 0.3) is 11.0 Å². The number of carbonyl (C=O) groups excluding carboxylic acids is 1. The molecule has 0 aliphatic heterocycles. The highest BCUT2D eigenvalue weighted by atomic mass is 19.1. The van der Waals surface area contributed by atoms with Crippen LogP contribution in [0, 0.1) is 22.9 Å². The predicted octanol–water partition coefficient (Wildman–Crippen LogP) is 4.04. The van der Waals surface area contributed by atoms with E-state index < -0.39 is 16.6 Å². The van der Waals surface area contributed by atoms with Gasteiger partial charge in [-0.1, -0.05) is 18.2 Å². The standard InChI is InChI=1S/C16H11FN2O4/c1-9-12-6-3-7-13(17)15(12)23-14(9)16(20)18-10-4-2-5-11(8-10)19(21)22/h2-8H,1H3,(H,18,20). The normalized spacial score (nSPS) is 10.7. The van der Waals surface area contributed by atoms with Crippen LogP contribution in [-0.4, -0.2) is 10.8 Å². The molecule has 0 bridgehead atoms. The predicted molar refractivity (Wildman–Crippen MR) is 82.0 cm³/mol. The molecule has 0 saturated heterocycles. The van der Waals surface area contributed by atoms with Gasteiger partial charge in [0.05, 0.1) is 4.92 Å². The SMILES string of the molecule is Cc1c(C(=O)Nc2cccc([N+](=O)[O-])c2)oc2c(F)cccc12. The van der Waals surface area contributed by atoms with Crippen molar-refractivity contribution in [2.45, 2.75) is 6.92 Å². The van der Waals surface area contributed by atoms with E-state index >= 15 is 0 Å². The molecule has 1 amide bonds. The van der Waals surface area contributed by atoms with Gasteiger partial charge in [-0.25, -0.2) is 4.39 Å².